The Kier molecular flexibility index (Phi) is 12.1. The third-order valence-corrected chi connectivity index (χ3v) is 6.91. The number of nitrogens with two attached hydrogens (primary N) is 1. The molecule has 3 atom stereocenters. The molecule has 2 rings (SSSR count). The van der Waals surface area contributed by atoms with E-state index in [0.29, 0.717) is 82.0 Å². The van der Waals surface area contributed by atoms with Gasteiger partial charge < -0.3 is 25.3 Å². The molecule has 1 aliphatic carbocycles. The van der Waals surface area contributed by atoms with Crippen LogP contribution in [0.5, 0.6) is 0 Å². The van der Waals surface area contributed by atoms with Crippen LogP contribution in [-0.2, 0) is 23.8 Å². The number of Topliss-reactive ketones (excluding diaryl/α,β-unsaturated/α-hetero) is 1. The maximum atomic E-state index is 11.9. The van der Waals surface area contributed by atoms with Gasteiger partial charge in [-0.2, -0.15) is 11.8 Å². The molecular formula is C20H36N2O5S. The fraction of sp³-hybridized carbons (Fsp3) is 0.900. The molecule has 0 bridgehead atoms. The summed E-state index contributed by atoms with van der Waals surface area (Å²) in [5, 5.41) is 3.52. The third kappa shape index (κ3) is 9.22. The van der Waals surface area contributed by atoms with Crippen LogP contribution in [0.15, 0.2) is 0 Å². The molecular weight excluding hydrogens is 380 g/mol. The first kappa shape index (κ1) is 23.6. The first-order valence-electron chi connectivity index (χ1n) is 10.5. The Morgan fingerprint density at radius 3 is 2.50 bits per heavy atom. The number of hydrogen-bond acceptors (Lipinski definition) is 7. The van der Waals surface area contributed by atoms with E-state index in [1.54, 1.807) is 0 Å². The van der Waals surface area contributed by atoms with Crippen molar-refractivity contribution >= 4 is 23.5 Å². The van der Waals surface area contributed by atoms with Crippen molar-refractivity contribution in [3.63, 3.8) is 0 Å². The Morgan fingerprint density at radius 1 is 1.04 bits per heavy atom. The van der Waals surface area contributed by atoms with E-state index in [-0.39, 0.29) is 5.91 Å². The lowest BCUT2D eigenvalue weighted by Crippen LogP contribution is -2.27. The molecule has 0 spiro atoms. The number of carbonyl (C=O) groups is 2. The second kappa shape index (κ2) is 14.3. The molecule has 1 saturated heterocycles. The summed E-state index contributed by atoms with van der Waals surface area (Å²) in [6.07, 6.45) is 5.26. The normalized spacial score (nSPS) is 23.9. The second-order valence-electron chi connectivity index (χ2n) is 7.46. The summed E-state index contributed by atoms with van der Waals surface area (Å²) in [6, 6.07) is 0. The van der Waals surface area contributed by atoms with E-state index in [1.807, 2.05) is 11.8 Å². The average Bonchev–Trinajstić information content (AvgIpc) is 3.22. The molecule has 2 aliphatic rings. The Bertz CT molecular complexity index is 466. The van der Waals surface area contributed by atoms with Crippen LogP contribution in [-0.4, -0.2) is 75.4 Å². The fourth-order valence-electron chi connectivity index (χ4n) is 3.85. The SMILES string of the molecule is NCCOCCOCCOCCNC(=O)CCCCC1SC[C@H]2CC(=O)C[C@@H]12. The van der Waals surface area contributed by atoms with Gasteiger partial charge in [-0.25, -0.2) is 0 Å². The van der Waals surface area contributed by atoms with Crippen LogP contribution in [0, 0.1) is 11.8 Å². The van der Waals surface area contributed by atoms with Crippen LogP contribution in [0.1, 0.15) is 38.5 Å². The first-order chi connectivity index (χ1) is 13.7. The zero-order chi connectivity index (χ0) is 20.0. The van der Waals surface area contributed by atoms with Gasteiger partial charge in [-0.1, -0.05) is 6.42 Å². The topological polar surface area (TPSA) is 99.9 Å². The zero-order valence-electron chi connectivity index (χ0n) is 16.9. The van der Waals surface area contributed by atoms with E-state index in [0.717, 1.165) is 37.9 Å². The zero-order valence-corrected chi connectivity index (χ0v) is 17.7. The number of ether oxygens (including phenoxy) is 3. The van der Waals surface area contributed by atoms with Crippen molar-refractivity contribution in [2.75, 3.05) is 58.5 Å². The van der Waals surface area contributed by atoms with E-state index in [4.69, 9.17) is 19.9 Å². The lowest BCUT2D eigenvalue weighted by Gasteiger charge is -2.16. The van der Waals surface area contributed by atoms with Gasteiger partial charge in [0.25, 0.3) is 0 Å². The van der Waals surface area contributed by atoms with Crippen LogP contribution >= 0.6 is 11.8 Å². The highest BCUT2D eigenvalue weighted by molar-refractivity contribution is 8.00. The maximum Gasteiger partial charge on any atom is 0.220 e. The molecule has 1 amide bonds. The number of hydrogen-bond donors (Lipinski definition) is 2. The minimum atomic E-state index is 0.0879. The summed E-state index contributed by atoms with van der Waals surface area (Å²) in [5.41, 5.74) is 5.31. The third-order valence-electron chi connectivity index (χ3n) is 5.28. The molecule has 0 aromatic carbocycles. The number of amides is 1. The van der Waals surface area contributed by atoms with Gasteiger partial charge in [-0.05, 0) is 30.4 Å². The van der Waals surface area contributed by atoms with Crippen molar-refractivity contribution in [1.29, 1.82) is 0 Å². The average molecular weight is 417 g/mol. The lowest BCUT2D eigenvalue weighted by atomic mass is 9.92. The fourth-order valence-corrected chi connectivity index (χ4v) is 5.61. The van der Waals surface area contributed by atoms with Gasteiger partial charge in [-0.3, -0.25) is 9.59 Å². The molecule has 1 unspecified atom stereocenters. The first-order valence-corrected chi connectivity index (χ1v) is 11.6. The van der Waals surface area contributed by atoms with Gasteiger partial charge in [0, 0.05) is 37.6 Å². The van der Waals surface area contributed by atoms with Crippen molar-refractivity contribution in [2.24, 2.45) is 17.6 Å². The van der Waals surface area contributed by atoms with Gasteiger partial charge in [0.2, 0.25) is 5.91 Å². The van der Waals surface area contributed by atoms with E-state index < -0.39 is 0 Å². The Labute approximate surface area is 172 Å². The Hall–Kier alpha value is -0.670. The van der Waals surface area contributed by atoms with Crippen LogP contribution in [0.4, 0.5) is 0 Å². The highest BCUT2D eigenvalue weighted by Crippen LogP contribution is 2.47. The van der Waals surface area contributed by atoms with Gasteiger partial charge in [0.15, 0.2) is 0 Å². The number of nitrogens with one attached hydrogen (secondary N) is 1. The Morgan fingerprint density at radius 2 is 1.75 bits per heavy atom. The Balaban J connectivity index is 1.34. The number of carbonyl (C=O) groups excluding carboxylic acids is 2. The van der Waals surface area contributed by atoms with Crippen LogP contribution in [0.25, 0.3) is 0 Å². The van der Waals surface area contributed by atoms with Gasteiger partial charge in [0.05, 0.1) is 39.6 Å². The highest BCUT2D eigenvalue weighted by Gasteiger charge is 2.42. The number of thioether (sulfide) groups is 1. The van der Waals surface area contributed by atoms with E-state index in [9.17, 15) is 9.59 Å². The second-order valence-corrected chi connectivity index (χ2v) is 8.74. The van der Waals surface area contributed by atoms with E-state index >= 15 is 0 Å². The lowest BCUT2D eigenvalue weighted by molar-refractivity contribution is -0.121. The maximum absolute atomic E-state index is 11.9. The summed E-state index contributed by atoms with van der Waals surface area (Å²) in [4.78, 5) is 23.4. The minimum Gasteiger partial charge on any atom is -0.378 e. The molecule has 3 N–H and O–H groups in total. The summed E-state index contributed by atoms with van der Waals surface area (Å²) in [6.45, 7) is 4.22. The van der Waals surface area contributed by atoms with Crippen LogP contribution < -0.4 is 11.1 Å². The minimum absolute atomic E-state index is 0.0879. The number of rotatable bonds is 16. The molecule has 0 aromatic heterocycles. The van der Waals surface area contributed by atoms with Crippen molar-refractivity contribution in [3.8, 4) is 0 Å². The summed E-state index contributed by atoms with van der Waals surface area (Å²) < 4.78 is 16.0. The van der Waals surface area contributed by atoms with Crippen molar-refractivity contribution in [1.82, 2.24) is 5.32 Å². The van der Waals surface area contributed by atoms with Crippen molar-refractivity contribution < 1.29 is 23.8 Å². The summed E-state index contributed by atoms with van der Waals surface area (Å²) in [7, 11) is 0. The molecule has 8 heteroatoms. The van der Waals surface area contributed by atoms with Gasteiger partial charge in [0.1, 0.15) is 5.78 Å². The van der Waals surface area contributed by atoms with E-state index in [2.05, 4.69) is 5.32 Å². The number of fused-ring (bicyclic) bond motifs is 1. The predicted octanol–water partition coefficient (Wildman–Crippen LogP) is 1.38. The smallest absolute Gasteiger partial charge is 0.220 e. The summed E-state index contributed by atoms with van der Waals surface area (Å²) in [5.74, 6) is 2.91. The molecule has 1 heterocycles. The molecule has 28 heavy (non-hydrogen) atoms. The molecule has 7 nitrogen and oxygen atoms in total. The monoisotopic (exact) mass is 416 g/mol. The molecule has 1 aliphatic heterocycles. The highest BCUT2D eigenvalue weighted by atomic mass is 32.2. The number of ketones is 1. The van der Waals surface area contributed by atoms with E-state index in [1.165, 1.54) is 0 Å². The molecule has 0 aromatic rings. The molecule has 0 radical (unpaired) electrons. The van der Waals surface area contributed by atoms with Gasteiger partial charge >= 0.3 is 0 Å². The van der Waals surface area contributed by atoms with Crippen LogP contribution in [0.3, 0.4) is 0 Å². The quantitative estimate of drug-likeness (QED) is 0.367. The standard InChI is InChI=1S/C20H36N2O5S/c21-5-7-25-9-11-27-12-10-26-8-6-22-20(24)4-2-1-3-19-18-14-17(23)13-16(18)15-28-19/h16,18-19H,1-15,21H2,(H,22,24)/t16-,18-,19?/m1/s1. The summed E-state index contributed by atoms with van der Waals surface area (Å²) >= 11 is 2.03. The molecule has 162 valence electrons. The molecule has 1 saturated carbocycles. The predicted molar refractivity (Wildman–Crippen MR) is 110 cm³/mol. The van der Waals surface area contributed by atoms with Crippen LogP contribution in [0.2, 0.25) is 0 Å². The van der Waals surface area contributed by atoms with Crippen molar-refractivity contribution in [3.05, 3.63) is 0 Å². The van der Waals surface area contributed by atoms with Crippen molar-refractivity contribution in [2.45, 2.75) is 43.8 Å². The number of unbranched alkanes of at least 4 members (excludes halogenated alkanes) is 1. The van der Waals surface area contributed by atoms with Gasteiger partial charge in [-0.15, -0.1) is 0 Å². The largest absolute Gasteiger partial charge is 0.378 e. The molecule has 2 fully saturated rings.